The molecule has 0 aliphatic rings. The van der Waals surface area contributed by atoms with Gasteiger partial charge >= 0.3 is 12.1 Å². The summed E-state index contributed by atoms with van der Waals surface area (Å²) in [6.07, 6.45) is -4.50. The Morgan fingerprint density at radius 1 is 1.14 bits per heavy atom. The van der Waals surface area contributed by atoms with E-state index in [1.165, 1.54) is 31.4 Å². The molecule has 2 aromatic carbocycles. The molecule has 0 unspecified atom stereocenters. The smallest absolute Gasteiger partial charge is 0.416 e. The molecule has 0 bridgehead atoms. The number of nitrogens with zero attached hydrogens (tertiary/aromatic N) is 4. The predicted molar refractivity (Wildman–Crippen MR) is 94.7 cm³/mol. The number of esters is 1. The predicted octanol–water partition coefficient (Wildman–Crippen LogP) is 2.78. The number of benzene rings is 2. The fraction of sp³-hybridized carbons (Fsp3) is 0.167. The quantitative estimate of drug-likeness (QED) is 0.656. The minimum Gasteiger partial charge on any atom is -0.465 e. The van der Waals surface area contributed by atoms with Crippen molar-refractivity contribution >= 4 is 17.6 Å². The molecule has 11 heteroatoms. The van der Waals surface area contributed by atoms with Gasteiger partial charge in [0, 0.05) is 11.3 Å². The van der Waals surface area contributed by atoms with E-state index in [-0.39, 0.29) is 23.5 Å². The fourth-order valence-corrected chi connectivity index (χ4v) is 2.43. The number of carbonyl (C=O) groups excluding carboxylic acids is 2. The summed E-state index contributed by atoms with van der Waals surface area (Å²) in [7, 11) is 1.24. The zero-order valence-electron chi connectivity index (χ0n) is 15.0. The topological polar surface area (TPSA) is 99.0 Å². The number of ether oxygens (including phenoxy) is 1. The molecule has 0 radical (unpaired) electrons. The summed E-state index contributed by atoms with van der Waals surface area (Å²) < 4.78 is 43.1. The molecule has 0 atom stereocenters. The van der Waals surface area contributed by atoms with E-state index in [9.17, 15) is 22.8 Å². The maximum absolute atomic E-state index is 12.8. The van der Waals surface area contributed by atoms with E-state index in [2.05, 4.69) is 25.5 Å². The Labute approximate surface area is 162 Å². The number of tetrazole rings is 1. The van der Waals surface area contributed by atoms with Gasteiger partial charge in [-0.05, 0) is 35.5 Å². The molecule has 8 nitrogen and oxygen atoms in total. The molecule has 0 aliphatic carbocycles. The molecule has 1 aromatic heterocycles. The van der Waals surface area contributed by atoms with E-state index < -0.39 is 23.6 Å². The van der Waals surface area contributed by atoms with E-state index >= 15 is 0 Å². The Balaban J connectivity index is 1.69. The lowest BCUT2D eigenvalue weighted by Gasteiger charge is -2.07. The highest BCUT2D eigenvalue weighted by molar-refractivity contribution is 5.94. The maximum Gasteiger partial charge on any atom is 0.416 e. The van der Waals surface area contributed by atoms with E-state index in [1.807, 2.05) is 0 Å². The number of hydrogen-bond donors (Lipinski definition) is 1. The van der Waals surface area contributed by atoms with Crippen LogP contribution in [0.25, 0.3) is 11.4 Å². The standard InChI is InChI=1S/C18H14F3N5O3/c1-29-17(28)12-5-3-7-14(9-12)22-15(27)10-26-24-16(23-25-26)11-4-2-6-13(8-11)18(19,20)21/h2-9H,10H2,1H3,(H,22,27). The van der Waals surface area contributed by atoms with Gasteiger partial charge in [-0.2, -0.15) is 18.0 Å². The van der Waals surface area contributed by atoms with Crippen molar-refractivity contribution in [1.29, 1.82) is 0 Å². The third kappa shape index (κ3) is 4.94. The molecule has 0 saturated carbocycles. The zero-order chi connectivity index (χ0) is 21.0. The van der Waals surface area contributed by atoms with Crippen LogP contribution in [-0.2, 0) is 22.3 Å². The lowest BCUT2D eigenvalue weighted by molar-refractivity contribution is -0.137. The third-order valence-electron chi connectivity index (χ3n) is 3.75. The first kappa shape index (κ1) is 20.0. The highest BCUT2D eigenvalue weighted by Gasteiger charge is 2.30. The lowest BCUT2D eigenvalue weighted by atomic mass is 10.1. The summed E-state index contributed by atoms with van der Waals surface area (Å²) in [6, 6.07) is 10.6. The Hall–Kier alpha value is -3.76. The number of halogens is 3. The van der Waals surface area contributed by atoms with Crippen LogP contribution in [0.5, 0.6) is 0 Å². The highest BCUT2D eigenvalue weighted by atomic mass is 19.4. The largest absolute Gasteiger partial charge is 0.465 e. The van der Waals surface area contributed by atoms with E-state index in [0.717, 1.165) is 16.9 Å². The second kappa shape index (κ2) is 8.09. The molecule has 0 saturated heterocycles. The molecule has 1 amide bonds. The maximum atomic E-state index is 12.8. The van der Waals surface area contributed by atoms with Crippen LogP contribution < -0.4 is 5.32 Å². The minimum atomic E-state index is -4.50. The molecular formula is C18H14F3N5O3. The van der Waals surface area contributed by atoms with Crippen LogP contribution in [0.2, 0.25) is 0 Å². The first-order chi connectivity index (χ1) is 13.8. The van der Waals surface area contributed by atoms with E-state index in [0.29, 0.717) is 5.69 Å². The summed E-state index contributed by atoms with van der Waals surface area (Å²) >= 11 is 0. The van der Waals surface area contributed by atoms with Gasteiger partial charge in [0.2, 0.25) is 11.7 Å². The van der Waals surface area contributed by atoms with Crippen molar-refractivity contribution in [3.63, 3.8) is 0 Å². The van der Waals surface area contributed by atoms with Crippen LogP contribution in [0.3, 0.4) is 0 Å². The number of carbonyl (C=O) groups is 2. The lowest BCUT2D eigenvalue weighted by Crippen LogP contribution is -2.20. The van der Waals surface area contributed by atoms with Crippen molar-refractivity contribution < 1.29 is 27.5 Å². The Morgan fingerprint density at radius 2 is 1.90 bits per heavy atom. The van der Waals surface area contributed by atoms with Crippen LogP contribution in [0.1, 0.15) is 15.9 Å². The zero-order valence-corrected chi connectivity index (χ0v) is 15.0. The van der Waals surface area contributed by atoms with Gasteiger partial charge in [0.25, 0.3) is 0 Å². The number of anilines is 1. The van der Waals surface area contributed by atoms with Gasteiger partial charge in [0.1, 0.15) is 6.54 Å². The molecule has 29 heavy (non-hydrogen) atoms. The molecule has 0 aliphatic heterocycles. The van der Waals surface area contributed by atoms with Crippen LogP contribution in [0.15, 0.2) is 48.5 Å². The van der Waals surface area contributed by atoms with Gasteiger partial charge in [-0.25, -0.2) is 4.79 Å². The van der Waals surface area contributed by atoms with Crippen LogP contribution in [0.4, 0.5) is 18.9 Å². The number of nitrogens with one attached hydrogen (secondary N) is 1. The van der Waals surface area contributed by atoms with Crippen molar-refractivity contribution in [2.75, 3.05) is 12.4 Å². The van der Waals surface area contributed by atoms with Gasteiger partial charge in [-0.15, -0.1) is 10.2 Å². The molecule has 1 N–H and O–H groups in total. The summed E-state index contributed by atoms with van der Waals surface area (Å²) in [6.45, 7) is -0.325. The average Bonchev–Trinajstić information content (AvgIpc) is 3.15. The van der Waals surface area contributed by atoms with Gasteiger partial charge in [0.05, 0.1) is 18.2 Å². The molecule has 0 fully saturated rings. The summed E-state index contributed by atoms with van der Waals surface area (Å²) in [5, 5.41) is 13.9. The SMILES string of the molecule is COC(=O)c1cccc(NC(=O)Cn2nnc(-c3cccc(C(F)(F)F)c3)n2)c1. The van der Waals surface area contributed by atoms with Crippen LogP contribution in [0, 0.1) is 0 Å². The summed E-state index contributed by atoms with van der Waals surface area (Å²) in [4.78, 5) is 24.6. The van der Waals surface area contributed by atoms with Gasteiger partial charge in [-0.3, -0.25) is 4.79 Å². The van der Waals surface area contributed by atoms with E-state index in [4.69, 9.17) is 0 Å². The molecule has 150 valence electrons. The minimum absolute atomic E-state index is 0.0448. The van der Waals surface area contributed by atoms with Crippen LogP contribution in [-0.4, -0.2) is 39.2 Å². The number of rotatable bonds is 5. The Bertz CT molecular complexity index is 1050. The van der Waals surface area contributed by atoms with Gasteiger partial charge < -0.3 is 10.1 Å². The fourth-order valence-electron chi connectivity index (χ4n) is 2.43. The number of hydrogen-bond acceptors (Lipinski definition) is 6. The number of amides is 1. The Morgan fingerprint density at radius 3 is 2.62 bits per heavy atom. The monoisotopic (exact) mass is 405 g/mol. The molecule has 1 heterocycles. The molecule has 3 rings (SSSR count). The molecule has 3 aromatic rings. The first-order valence-electron chi connectivity index (χ1n) is 8.20. The van der Waals surface area contributed by atoms with Crippen molar-refractivity contribution in [3.05, 3.63) is 59.7 Å². The number of aromatic nitrogens is 4. The van der Waals surface area contributed by atoms with Crippen molar-refractivity contribution in [1.82, 2.24) is 20.2 Å². The van der Waals surface area contributed by atoms with Crippen LogP contribution >= 0.6 is 0 Å². The second-order valence-electron chi connectivity index (χ2n) is 5.84. The number of alkyl halides is 3. The summed E-state index contributed by atoms with van der Waals surface area (Å²) in [5.74, 6) is -1.11. The molecule has 0 spiro atoms. The number of methoxy groups -OCH3 is 1. The average molecular weight is 405 g/mol. The second-order valence-corrected chi connectivity index (χ2v) is 5.84. The van der Waals surface area contributed by atoms with Crippen molar-refractivity contribution in [2.24, 2.45) is 0 Å². The van der Waals surface area contributed by atoms with E-state index in [1.54, 1.807) is 12.1 Å². The summed E-state index contributed by atoms with van der Waals surface area (Å²) in [5.41, 5.74) is -0.0982. The molecular weight excluding hydrogens is 391 g/mol. The van der Waals surface area contributed by atoms with Gasteiger partial charge in [0.15, 0.2) is 0 Å². The highest BCUT2D eigenvalue weighted by Crippen LogP contribution is 2.31. The first-order valence-corrected chi connectivity index (χ1v) is 8.20. The third-order valence-corrected chi connectivity index (χ3v) is 3.75. The van der Waals surface area contributed by atoms with Gasteiger partial charge in [-0.1, -0.05) is 18.2 Å². The van der Waals surface area contributed by atoms with Crippen molar-refractivity contribution in [2.45, 2.75) is 12.7 Å². The normalized spacial score (nSPS) is 11.2. The van der Waals surface area contributed by atoms with Crippen molar-refractivity contribution in [3.8, 4) is 11.4 Å². The Kier molecular flexibility index (Phi) is 5.57.